The summed E-state index contributed by atoms with van der Waals surface area (Å²) in [5.41, 5.74) is 3.20. The van der Waals surface area contributed by atoms with E-state index < -0.39 is 0 Å². The SMILES string of the molecule is c1csc(-c2cnc3c(NCCc4ccncc4)nccn23)c1. The third-order valence-corrected chi connectivity index (χ3v) is 4.55. The molecule has 4 heterocycles. The number of hydrogen-bond donors (Lipinski definition) is 1. The average molecular weight is 321 g/mol. The van der Waals surface area contributed by atoms with Crippen LogP contribution in [0.4, 0.5) is 5.82 Å². The summed E-state index contributed by atoms with van der Waals surface area (Å²) in [5.74, 6) is 0.810. The van der Waals surface area contributed by atoms with Gasteiger partial charge in [-0.15, -0.1) is 11.3 Å². The third kappa shape index (κ3) is 2.80. The number of imidazole rings is 1. The molecule has 0 radical (unpaired) electrons. The second-order valence-corrected chi connectivity index (χ2v) is 6.07. The predicted molar refractivity (Wildman–Crippen MR) is 92.7 cm³/mol. The maximum atomic E-state index is 4.53. The monoisotopic (exact) mass is 321 g/mol. The lowest BCUT2D eigenvalue weighted by atomic mass is 10.2. The van der Waals surface area contributed by atoms with Crippen LogP contribution < -0.4 is 5.32 Å². The molecule has 0 saturated carbocycles. The van der Waals surface area contributed by atoms with E-state index in [0.717, 1.165) is 30.1 Å². The van der Waals surface area contributed by atoms with Crippen molar-refractivity contribution in [1.82, 2.24) is 19.4 Å². The van der Waals surface area contributed by atoms with Gasteiger partial charge in [0, 0.05) is 31.3 Å². The molecule has 0 fully saturated rings. The van der Waals surface area contributed by atoms with E-state index in [2.05, 4.69) is 42.2 Å². The Bertz CT molecular complexity index is 899. The lowest BCUT2D eigenvalue weighted by Crippen LogP contribution is -2.08. The Morgan fingerprint density at radius 2 is 2.00 bits per heavy atom. The largest absolute Gasteiger partial charge is 0.367 e. The summed E-state index contributed by atoms with van der Waals surface area (Å²) in [6.45, 7) is 0.803. The van der Waals surface area contributed by atoms with Crippen LogP contribution in [0.2, 0.25) is 0 Å². The van der Waals surface area contributed by atoms with Crippen LogP contribution in [0.25, 0.3) is 16.2 Å². The van der Waals surface area contributed by atoms with E-state index in [4.69, 9.17) is 0 Å². The van der Waals surface area contributed by atoms with Gasteiger partial charge in [-0.2, -0.15) is 0 Å². The molecule has 23 heavy (non-hydrogen) atoms. The fraction of sp³-hybridized carbons (Fsp3) is 0.118. The molecule has 0 atom stereocenters. The highest BCUT2D eigenvalue weighted by molar-refractivity contribution is 7.13. The molecule has 6 heteroatoms. The molecular weight excluding hydrogens is 306 g/mol. The molecule has 0 aliphatic heterocycles. The maximum Gasteiger partial charge on any atom is 0.180 e. The highest BCUT2D eigenvalue weighted by Crippen LogP contribution is 2.26. The highest BCUT2D eigenvalue weighted by atomic mass is 32.1. The summed E-state index contributed by atoms with van der Waals surface area (Å²) in [7, 11) is 0. The lowest BCUT2D eigenvalue weighted by molar-refractivity contribution is 0.993. The summed E-state index contributed by atoms with van der Waals surface area (Å²) < 4.78 is 2.08. The number of nitrogens with zero attached hydrogens (tertiary/aromatic N) is 4. The molecule has 0 amide bonds. The minimum absolute atomic E-state index is 0.803. The summed E-state index contributed by atoms with van der Waals surface area (Å²) in [6, 6.07) is 8.21. The van der Waals surface area contributed by atoms with Gasteiger partial charge >= 0.3 is 0 Å². The third-order valence-electron chi connectivity index (χ3n) is 3.66. The molecule has 5 nitrogen and oxygen atoms in total. The van der Waals surface area contributed by atoms with Gasteiger partial charge in [0.1, 0.15) is 0 Å². The number of fused-ring (bicyclic) bond motifs is 1. The molecule has 114 valence electrons. The van der Waals surface area contributed by atoms with Gasteiger partial charge in [0.05, 0.1) is 16.8 Å². The molecule has 4 aromatic rings. The van der Waals surface area contributed by atoms with E-state index in [0.29, 0.717) is 0 Å². The molecule has 0 bridgehead atoms. The van der Waals surface area contributed by atoms with Crippen molar-refractivity contribution < 1.29 is 0 Å². The topological polar surface area (TPSA) is 55.1 Å². The van der Waals surface area contributed by atoms with E-state index >= 15 is 0 Å². The van der Waals surface area contributed by atoms with Crippen LogP contribution in [0.15, 0.2) is 60.6 Å². The van der Waals surface area contributed by atoms with E-state index in [1.54, 1.807) is 17.5 Å². The Morgan fingerprint density at radius 3 is 2.83 bits per heavy atom. The average Bonchev–Trinajstić information content (AvgIpc) is 3.25. The van der Waals surface area contributed by atoms with Gasteiger partial charge in [0.25, 0.3) is 0 Å². The second kappa shape index (κ2) is 6.18. The first kappa shape index (κ1) is 13.9. The van der Waals surface area contributed by atoms with Gasteiger partial charge in [0.15, 0.2) is 11.5 Å². The summed E-state index contributed by atoms with van der Waals surface area (Å²) >= 11 is 1.71. The number of hydrogen-bond acceptors (Lipinski definition) is 5. The normalized spacial score (nSPS) is 11.0. The first-order chi connectivity index (χ1) is 11.4. The first-order valence-corrected chi connectivity index (χ1v) is 8.28. The zero-order chi connectivity index (χ0) is 15.5. The van der Waals surface area contributed by atoms with Crippen molar-refractivity contribution in [2.75, 3.05) is 11.9 Å². The van der Waals surface area contributed by atoms with Crippen LogP contribution in [0, 0.1) is 0 Å². The van der Waals surface area contributed by atoms with Crippen molar-refractivity contribution in [1.29, 1.82) is 0 Å². The quantitative estimate of drug-likeness (QED) is 0.611. The van der Waals surface area contributed by atoms with E-state index in [9.17, 15) is 0 Å². The summed E-state index contributed by atoms with van der Waals surface area (Å²) in [4.78, 5) is 14.2. The molecule has 0 aliphatic rings. The zero-order valence-electron chi connectivity index (χ0n) is 12.4. The molecule has 4 rings (SSSR count). The minimum Gasteiger partial charge on any atom is -0.367 e. The number of aromatic nitrogens is 4. The predicted octanol–water partition coefficient (Wildman–Crippen LogP) is 3.51. The molecule has 0 aliphatic carbocycles. The van der Waals surface area contributed by atoms with Gasteiger partial charge in [-0.25, -0.2) is 9.97 Å². The second-order valence-electron chi connectivity index (χ2n) is 5.12. The van der Waals surface area contributed by atoms with Crippen molar-refractivity contribution in [2.45, 2.75) is 6.42 Å². The fourth-order valence-corrected chi connectivity index (χ4v) is 3.26. The maximum absolute atomic E-state index is 4.53. The Hall–Kier alpha value is -2.73. The number of thiophene rings is 1. The molecule has 4 aromatic heterocycles. The highest BCUT2D eigenvalue weighted by Gasteiger charge is 2.10. The molecule has 1 N–H and O–H groups in total. The van der Waals surface area contributed by atoms with E-state index in [1.807, 2.05) is 36.9 Å². The lowest BCUT2D eigenvalue weighted by Gasteiger charge is -2.07. The van der Waals surface area contributed by atoms with Crippen LogP contribution in [0.3, 0.4) is 0 Å². The number of rotatable bonds is 5. The Morgan fingerprint density at radius 1 is 1.09 bits per heavy atom. The fourth-order valence-electron chi connectivity index (χ4n) is 2.53. The van der Waals surface area contributed by atoms with Crippen molar-refractivity contribution in [2.24, 2.45) is 0 Å². The van der Waals surface area contributed by atoms with Crippen LogP contribution >= 0.6 is 11.3 Å². The molecule has 0 aromatic carbocycles. The smallest absolute Gasteiger partial charge is 0.180 e. The summed E-state index contributed by atoms with van der Waals surface area (Å²) in [5, 5.41) is 5.46. The van der Waals surface area contributed by atoms with Crippen molar-refractivity contribution in [3.8, 4) is 10.6 Å². The van der Waals surface area contributed by atoms with Crippen molar-refractivity contribution in [3.05, 3.63) is 66.2 Å². The Kier molecular flexibility index (Phi) is 3.73. The van der Waals surface area contributed by atoms with Crippen molar-refractivity contribution in [3.63, 3.8) is 0 Å². The van der Waals surface area contributed by atoms with Crippen LogP contribution in [-0.4, -0.2) is 25.9 Å². The van der Waals surface area contributed by atoms with E-state index in [-0.39, 0.29) is 0 Å². The van der Waals surface area contributed by atoms with Gasteiger partial charge < -0.3 is 5.32 Å². The van der Waals surface area contributed by atoms with Crippen LogP contribution in [0.5, 0.6) is 0 Å². The van der Waals surface area contributed by atoms with Gasteiger partial charge in [-0.3, -0.25) is 9.38 Å². The first-order valence-electron chi connectivity index (χ1n) is 7.40. The number of nitrogens with one attached hydrogen (secondary N) is 1. The summed E-state index contributed by atoms with van der Waals surface area (Å²) in [6.07, 6.45) is 10.2. The Balaban J connectivity index is 1.56. The van der Waals surface area contributed by atoms with Gasteiger partial charge in [-0.1, -0.05) is 6.07 Å². The number of anilines is 1. The standard InChI is InChI=1S/C17H15N5S/c1-2-15(23-11-1)14-12-21-17-16(20-9-10-22(14)17)19-8-5-13-3-6-18-7-4-13/h1-4,6-7,9-12H,5,8H2,(H,19,20). The molecule has 0 spiro atoms. The van der Waals surface area contributed by atoms with Gasteiger partial charge in [-0.05, 0) is 35.6 Å². The Labute approximate surface area is 137 Å². The van der Waals surface area contributed by atoms with Gasteiger partial charge in [0.2, 0.25) is 0 Å². The minimum atomic E-state index is 0.803. The van der Waals surface area contributed by atoms with Crippen LogP contribution in [0.1, 0.15) is 5.56 Å². The molecular formula is C17H15N5S. The van der Waals surface area contributed by atoms with Crippen LogP contribution in [-0.2, 0) is 6.42 Å². The number of pyridine rings is 1. The zero-order valence-corrected chi connectivity index (χ0v) is 13.2. The molecule has 0 unspecified atom stereocenters. The van der Waals surface area contributed by atoms with E-state index in [1.165, 1.54) is 10.4 Å². The molecule has 0 saturated heterocycles. The van der Waals surface area contributed by atoms with Crippen molar-refractivity contribution >= 4 is 22.8 Å².